The Balaban J connectivity index is 1.76. The van der Waals surface area contributed by atoms with Crippen LogP contribution in [0, 0.1) is 0 Å². The molecule has 1 aromatic heterocycles. The maximum absolute atomic E-state index is 12.4. The van der Waals surface area contributed by atoms with Crippen molar-refractivity contribution in [3.05, 3.63) is 39.2 Å². The van der Waals surface area contributed by atoms with E-state index in [1.54, 1.807) is 18.2 Å². The number of thioether (sulfide) groups is 2. The maximum Gasteiger partial charge on any atom is 0.354 e. The first kappa shape index (κ1) is 17.7. The number of furan rings is 1. The summed E-state index contributed by atoms with van der Waals surface area (Å²) >= 11 is 2.78. The number of β-lactam (4-membered cyclic amide) rings is 1. The van der Waals surface area contributed by atoms with Crippen LogP contribution in [0.15, 0.2) is 32.1 Å². The standard InChI is InChI=1S/C16H15NO6S2/c1-3-24-16-12(15(20)21)17-13(19)11(14(17)25-16)6-9-4-5-10(23-9)7-22-8(2)18/h4-6,14H,3,7H2,1-2H3,(H,20,21)/t14-/m1/s1. The van der Waals surface area contributed by atoms with Gasteiger partial charge in [0.1, 0.15) is 23.5 Å². The number of hydrogen-bond acceptors (Lipinski definition) is 7. The van der Waals surface area contributed by atoms with E-state index in [4.69, 9.17) is 9.15 Å². The molecule has 0 unspecified atom stereocenters. The Morgan fingerprint density at radius 1 is 1.48 bits per heavy atom. The fourth-order valence-electron chi connectivity index (χ4n) is 2.45. The molecule has 7 nitrogen and oxygen atoms in total. The number of hydrogen-bond donors (Lipinski definition) is 1. The smallest absolute Gasteiger partial charge is 0.354 e. The van der Waals surface area contributed by atoms with Crippen molar-refractivity contribution in [1.29, 1.82) is 0 Å². The minimum absolute atomic E-state index is 0.0266. The molecule has 0 saturated carbocycles. The van der Waals surface area contributed by atoms with Crippen LogP contribution in [0.1, 0.15) is 25.4 Å². The van der Waals surface area contributed by atoms with Crippen LogP contribution in [0.3, 0.4) is 0 Å². The summed E-state index contributed by atoms with van der Waals surface area (Å²) in [4.78, 5) is 35.9. The molecule has 2 aliphatic heterocycles. The van der Waals surface area contributed by atoms with Crippen LogP contribution >= 0.6 is 23.5 Å². The number of fused-ring (bicyclic) bond motifs is 1. The lowest BCUT2D eigenvalue weighted by Crippen LogP contribution is -2.51. The number of ether oxygens (including phenoxy) is 1. The van der Waals surface area contributed by atoms with E-state index in [-0.39, 0.29) is 23.6 Å². The quantitative estimate of drug-likeness (QED) is 0.456. The van der Waals surface area contributed by atoms with Gasteiger partial charge in [-0.25, -0.2) is 4.79 Å². The second-order valence-corrected chi connectivity index (χ2v) is 7.83. The van der Waals surface area contributed by atoms with Gasteiger partial charge < -0.3 is 14.3 Å². The molecule has 0 bridgehead atoms. The largest absolute Gasteiger partial charge is 0.477 e. The molecule has 1 amide bonds. The molecule has 132 valence electrons. The van der Waals surface area contributed by atoms with Crippen LogP contribution in [0.5, 0.6) is 0 Å². The molecule has 3 heterocycles. The van der Waals surface area contributed by atoms with E-state index in [1.807, 2.05) is 6.92 Å². The third-order valence-corrected chi connectivity index (χ3v) is 5.98. The number of carbonyl (C=O) groups is 3. The average Bonchev–Trinajstić information content (AvgIpc) is 3.13. The predicted molar refractivity (Wildman–Crippen MR) is 93.2 cm³/mol. The van der Waals surface area contributed by atoms with Crippen molar-refractivity contribution in [1.82, 2.24) is 4.90 Å². The van der Waals surface area contributed by atoms with E-state index in [0.29, 0.717) is 21.3 Å². The molecule has 1 aromatic rings. The Morgan fingerprint density at radius 2 is 2.24 bits per heavy atom. The minimum atomic E-state index is -1.10. The molecule has 0 radical (unpaired) electrons. The number of carboxylic acid groups (broad SMARTS) is 1. The van der Waals surface area contributed by atoms with Crippen LogP contribution in [0.2, 0.25) is 0 Å². The fraction of sp³-hybridized carbons (Fsp3) is 0.312. The van der Waals surface area contributed by atoms with Crippen molar-refractivity contribution in [2.45, 2.75) is 25.8 Å². The van der Waals surface area contributed by atoms with E-state index in [9.17, 15) is 19.5 Å². The summed E-state index contributed by atoms with van der Waals surface area (Å²) < 4.78 is 11.0. The van der Waals surface area contributed by atoms with Gasteiger partial charge in [0.2, 0.25) is 0 Å². The van der Waals surface area contributed by atoms with E-state index in [1.165, 1.54) is 35.3 Å². The number of esters is 1. The average molecular weight is 381 g/mol. The third-order valence-electron chi connectivity index (χ3n) is 3.50. The van der Waals surface area contributed by atoms with E-state index >= 15 is 0 Å². The molecule has 9 heteroatoms. The van der Waals surface area contributed by atoms with Crippen LogP contribution in [-0.4, -0.2) is 39.0 Å². The number of nitrogens with zero attached hydrogens (tertiary/aromatic N) is 1. The molecule has 1 fully saturated rings. The number of carbonyl (C=O) groups excluding carboxylic acids is 2. The highest BCUT2D eigenvalue weighted by atomic mass is 32.2. The van der Waals surface area contributed by atoms with Crippen LogP contribution in [0.4, 0.5) is 0 Å². The molecule has 0 aromatic carbocycles. The van der Waals surface area contributed by atoms with Gasteiger partial charge in [0.15, 0.2) is 5.70 Å². The molecule has 1 saturated heterocycles. The zero-order chi connectivity index (χ0) is 18.1. The Kier molecular flexibility index (Phi) is 4.96. The van der Waals surface area contributed by atoms with Gasteiger partial charge in [-0.15, -0.1) is 11.8 Å². The van der Waals surface area contributed by atoms with Crippen molar-refractivity contribution < 1.29 is 28.6 Å². The van der Waals surface area contributed by atoms with Crippen molar-refractivity contribution in [3.8, 4) is 0 Å². The van der Waals surface area contributed by atoms with Gasteiger partial charge in [-0.1, -0.05) is 18.7 Å². The monoisotopic (exact) mass is 381 g/mol. The highest BCUT2D eigenvalue weighted by Gasteiger charge is 2.52. The molecular formula is C16H15NO6S2. The first-order valence-corrected chi connectivity index (χ1v) is 9.33. The summed E-state index contributed by atoms with van der Waals surface area (Å²) in [5.41, 5.74) is 0.544. The van der Waals surface area contributed by atoms with Crippen molar-refractivity contribution >= 4 is 47.4 Å². The summed E-state index contributed by atoms with van der Waals surface area (Å²) in [6.45, 7) is 3.27. The SMILES string of the molecule is CCSC1=C(C(=O)O)N2C(=O)C(=Cc3ccc(COC(C)=O)o3)[C@H]2S1. The van der Waals surface area contributed by atoms with Gasteiger partial charge >= 0.3 is 11.9 Å². The molecule has 3 rings (SSSR count). The zero-order valence-corrected chi connectivity index (χ0v) is 15.1. The fourth-order valence-corrected chi connectivity index (χ4v) is 5.03. The number of aliphatic carboxylic acids is 1. The molecule has 2 aliphatic rings. The summed E-state index contributed by atoms with van der Waals surface area (Å²) in [7, 11) is 0. The molecule has 1 N–H and O–H groups in total. The molecule has 25 heavy (non-hydrogen) atoms. The number of carboxylic acids is 1. The second-order valence-electron chi connectivity index (χ2n) is 5.20. The summed E-state index contributed by atoms with van der Waals surface area (Å²) in [6, 6.07) is 3.34. The molecular weight excluding hydrogens is 366 g/mol. The van der Waals surface area contributed by atoms with Gasteiger partial charge in [0.05, 0.1) is 9.81 Å². The minimum Gasteiger partial charge on any atom is -0.477 e. The first-order valence-electron chi connectivity index (χ1n) is 7.46. The van der Waals surface area contributed by atoms with Gasteiger partial charge in [-0.3, -0.25) is 14.5 Å². The lowest BCUT2D eigenvalue weighted by molar-refractivity contribution is -0.142. The lowest BCUT2D eigenvalue weighted by atomic mass is 10.0. The van der Waals surface area contributed by atoms with Crippen molar-refractivity contribution in [2.75, 3.05) is 5.75 Å². The van der Waals surface area contributed by atoms with Crippen LogP contribution in [-0.2, 0) is 25.7 Å². The van der Waals surface area contributed by atoms with E-state index < -0.39 is 11.9 Å². The first-order chi connectivity index (χ1) is 11.9. The maximum atomic E-state index is 12.4. The van der Waals surface area contributed by atoms with Crippen LogP contribution < -0.4 is 0 Å². The normalized spacial score (nSPS) is 20.7. The summed E-state index contributed by atoms with van der Waals surface area (Å²) in [5.74, 6) is -0.184. The van der Waals surface area contributed by atoms with Crippen LogP contribution in [0.25, 0.3) is 6.08 Å². The number of rotatable bonds is 6. The topological polar surface area (TPSA) is 97.0 Å². The Bertz CT molecular complexity index is 809. The predicted octanol–water partition coefficient (Wildman–Crippen LogP) is 2.65. The van der Waals surface area contributed by atoms with E-state index in [2.05, 4.69) is 0 Å². The Labute approximate surface area is 152 Å². The summed E-state index contributed by atoms with van der Waals surface area (Å²) in [6.07, 6.45) is 1.60. The molecule has 0 spiro atoms. The zero-order valence-electron chi connectivity index (χ0n) is 13.5. The van der Waals surface area contributed by atoms with Gasteiger partial charge in [-0.05, 0) is 24.0 Å². The van der Waals surface area contributed by atoms with Crippen molar-refractivity contribution in [2.24, 2.45) is 0 Å². The van der Waals surface area contributed by atoms with Gasteiger partial charge in [0.25, 0.3) is 5.91 Å². The Morgan fingerprint density at radius 3 is 2.88 bits per heavy atom. The second kappa shape index (κ2) is 7.01. The van der Waals surface area contributed by atoms with Gasteiger partial charge in [0, 0.05) is 6.92 Å². The molecule has 0 aliphatic carbocycles. The third kappa shape index (κ3) is 3.34. The van der Waals surface area contributed by atoms with Gasteiger partial charge in [-0.2, -0.15) is 0 Å². The summed E-state index contributed by atoms with van der Waals surface area (Å²) in [5, 5.41) is 9.04. The highest BCUT2D eigenvalue weighted by molar-refractivity contribution is 8.22. The highest BCUT2D eigenvalue weighted by Crippen LogP contribution is 2.53. The Hall–Kier alpha value is -2.13. The number of amides is 1. The molecule has 1 atom stereocenters. The lowest BCUT2D eigenvalue weighted by Gasteiger charge is -2.36. The van der Waals surface area contributed by atoms with Crippen molar-refractivity contribution in [3.63, 3.8) is 0 Å². The van der Waals surface area contributed by atoms with E-state index in [0.717, 1.165) is 5.75 Å².